The molecule has 2 fully saturated rings. The molecule has 0 radical (unpaired) electrons. The molecule has 0 aromatic carbocycles. The van der Waals surface area contributed by atoms with E-state index in [0.717, 1.165) is 25.9 Å². The Morgan fingerprint density at radius 1 is 1.21 bits per heavy atom. The number of carbonyl (C=O) groups excluding carboxylic acids is 2. The lowest BCUT2D eigenvalue weighted by Crippen LogP contribution is -2.55. The number of hydrogen-bond acceptors (Lipinski definition) is 4. The minimum Gasteiger partial charge on any atom is -0.357 e. The van der Waals surface area contributed by atoms with Crippen molar-refractivity contribution in [1.29, 1.82) is 0 Å². The highest BCUT2D eigenvalue weighted by Gasteiger charge is 2.39. The monoisotopic (exact) mass is 399 g/mol. The van der Waals surface area contributed by atoms with Crippen molar-refractivity contribution >= 4 is 17.5 Å². The van der Waals surface area contributed by atoms with Gasteiger partial charge in [0.1, 0.15) is 6.04 Å². The van der Waals surface area contributed by atoms with Crippen LogP contribution in [0, 0.1) is 17.8 Å². The lowest BCUT2D eigenvalue weighted by Gasteiger charge is -2.42. The summed E-state index contributed by atoms with van der Waals surface area (Å²) in [4.78, 5) is 30.0. The van der Waals surface area contributed by atoms with E-state index < -0.39 is 6.04 Å². The molecule has 158 valence electrons. The number of carbonyl (C=O) groups is 2. The van der Waals surface area contributed by atoms with Crippen molar-refractivity contribution in [2.24, 2.45) is 13.0 Å². The molecule has 7 nitrogen and oxygen atoms in total. The summed E-state index contributed by atoms with van der Waals surface area (Å²) in [5.74, 6) is 4.90. The maximum Gasteiger partial charge on any atom is 0.303 e. The summed E-state index contributed by atoms with van der Waals surface area (Å²) < 4.78 is 1.64. The first-order chi connectivity index (χ1) is 14.0. The smallest absolute Gasteiger partial charge is 0.303 e. The number of amides is 2. The van der Waals surface area contributed by atoms with Gasteiger partial charge in [-0.1, -0.05) is 25.2 Å². The Balaban J connectivity index is 1.81. The first kappa shape index (κ1) is 21.4. The van der Waals surface area contributed by atoms with Crippen molar-refractivity contribution in [2.75, 3.05) is 25.0 Å². The Kier molecular flexibility index (Phi) is 7.32. The fourth-order valence-corrected chi connectivity index (χ4v) is 4.84. The second-order valence-corrected chi connectivity index (χ2v) is 8.15. The maximum absolute atomic E-state index is 12.9. The predicted molar refractivity (Wildman–Crippen MR) is 113 cm³/mol. The van der Waals surface area contributed by atoms with E-state index in [0.29, 0.717) is 11.7 Å². The first-order valence-corrected chi connectivity index (χ1v) is 10.8. The fourth-order valence-electron chi connectivity index (χ4n) is 4.84. The quantitative estimate of drug-likeness (QED) is 0.768. The second kappa shape index (κ2) is 9.93. The minimum absolute atomic E-state index is 0.0950. The van der Waals surface area contributed by atoms with Crippen LogP contribution in [0.1, 0.15) is 51.9 Å². The molecule has 1 aliphatic carbocycles. The molecule has 3 rings (SSSR count). The van der Waals surface area contributed by atoms with E-state index in [-0.39, 0.29) is 17.7 Å². The summed E-state index contributed by atoms with van der Waals surface area (Å²) in [5, 5.41) is 6.97. The van der Waals surface area contributed by atoms with Gasteiger partial charge in [0.05, 0.1) is 11.9 Å². The van der Waals surface area contributed by atoms with E-state index in [1.54, 1.807) is 43.0 Å². The van der Waals surface area contributed by atoms with Crippen LogP contribution in [0.25, 0.3) is 0 Å². The average molecular weight is 400 g/mol. The van der Waals surface area contributed by atoms with Crippen LogP contribution < -0.4 is 10.2 Å². The Morgan fingerprint density at radius 2 is 1.90 bits per heavy atom. The second-order valence-electron chi connectivity index (χ2n) is 8.15. The van der Waals surface area contributed by atoms with Crippen LogP contribution >= 0.6 is 0 Å². The number of nitrogens with zero attached hydrogens (tertiary/aromatic N) is 4. The number of hydrogen-bond donors (Lipinski definition) is 1. The van der Waals surface area contributed by atoms with Crippen molar-refractivity contribution in [3.63, 3.8) is 0 Å². The van der Waals surface area contributed by atoms with Crippen molar-refractivity contribution < 1.29 is 9.59 Å². The Morgan fingerprint density at radius 3 is 2.45 bits per heavy atom. The van der Waals surface area contributed by atoms with Crippen molar-refractivity contribution in [2.45, 2.75) is 64.0 Å². The minimum atomic E-state index is -0.578. The zero-order valence-electron chi connectivity index (χ0n) is 17.9. The van der Waals surface area contributed by atoms with Crippen LogP contribution in [0.3, 0.4) is 0 Å². The van der Waals surface area contributed by atoms with Crippen LogP contribution in [0.5, 0.6) is 0 Å². The highest BCUT2D eigenvalue weighted by molar-refractivity contribution is 6.09. The van der Waals surface area contributed by atoms with E-state index in [1.165, 1.54) is 32.1 Å². The number of likely N-dealkylation sites (N-methyl/N-ethyl adjacent to an activating group) is 1. The van der Waals surface area contributed by atoms with Gasteiger partial charge in [-0.05, 0) is 57.5 Å². The highest BCUT2D eigenvalue weighted by Crippen LogP contribution is 2.31. The van der Waals surface area contributed by atoms with Gasteiger partial charge in [-0.25, -0.2) is 0 Å². The van der Waals surface area contributed by atoms with Crippen molar-refractivity contribution in [3.05, 3.63) is 12.4 Å². The molecule has 1 unspecified atom stereocenters. The van der Waals surface area contributed by atoms with Crippen molar-refractivity contribution in [1.82, 2.24) is 20.0 Å². The van der Waals surface area contributed by atoms with Gasteiger partial charge in [0, 0.05) is 26.3 Å². The lowest BCUT2D eigenvalue weighted by molar-refractivity contribution is -0.126. The van der Waals surface area contributed by atoms with Gasteiger partial charge in [-0.3, -0.25) is 19.2 Å². The van der Waals surface area contributed by atoms with Gasteiger partial charge >= 0.3 is 5.91 Å². The summed E-state index contributed by atoms with van der Waals surface area (Å²) in [7, 11) is 3.43. The third-order valence-corrected chi connectivity index (χ3v) is 6.33. The van der Waals surface area contributed by atoms with E-state index in [1.807, 2.05) is 0 Å². The number of anilines is 1. The molecule has 1 aliphatic heterocycles. The van der Waals surface area contributed by atoms with Crippen molar-refractivity contribution in [3.8, 4) is 11.8 Å². The number of rotatable bonds is 5. The third-order valence-electron chi connectivity index (χ3n) is 6.33. The Hall–Kier alpha value is -2.33. The Bertz CT molecular complexity index is 764. The standard InChI is InChI=1S/C22H33N5O2/c1-4-8-20(28)27(19-15-24-25(3)16-19)21(22(29)23-2)17-11-13-26(14-12-17)18-9-6-5-7-10-18/h15-18,21H,5-7,9-14H2,1-3H3,(H,23,29). The van der Waals surface area contributed by atoms with E-state index in [2.05, 4.69) is 27.2 Å². The molecule has 0 spiro atoms. The normalized spacial score (nSPS) is 19.8. The van der Waals surface area contributed by atoms with Gasteiger partial charge in [0.15, 0.2) is 0 Å². The molecule has 29 heavy (non-hydrogen) atoms. The molecule has 1 saturated carbocycles. The van der Waals surface area contributed by atoms with Crippen LogP contribution in [-0.4, -0.2) is 58.7 Å². The largest absolute Gasteiger partial charge is 0.357 e. The fraction of sp³-hybridized carbons (Fsp3) is 0.682. The molecular formula is C22H33N5O2. The predicted octanol–water partition coefficient (Wildman–Crippen LogP) is 1.94. The molecular weight excluding hydrogens is 366 g/mol. The zero-order chi connectivity index (χ0) is 20.8. The summed E-state index contributed by atoms with van der Waals surface area (Å²) in [6.45, 7) is 3.60. The maximum atomic E-state index is 12.9. The van der Waals surface area contributed by atoms with E-state index in [9.17, 15) is 9.59 Å². The van der Waals surface area contributed by atoms with Crippen LogP contribution in [-0.2, 0) is 16.6 Å². The molecule has 1 aromatic heterocycles. The molecule has 1 aromatic rings. The molecule has 1 saturated heterocycles. The van der Waals surface area contributed by atoms with Gasteiger partial charge in [0.25, 0.3) is 0 Å². The number of aryl methyl sites for hydroxylation is 1. The summed E-state index contributed by atoms with van der Waals surface area (Å²) in [6.07, 6.45) is 11.8. The number of aromatic nitrogens is 2. The summed E-state index contributed by atoms with van der Waals surface area (Å²) in [5.41, 5.74) is 0.614. The highest BCUT2D eigenvalue weighted by atomic mass is 16.2. The van der Waals surface area contributed by atoms with Gasteiger partial charge in [-0.2, -0.15) is 5.10 Å². The first-order valence-electron chi connectivity index (χ1n) is 10.8. The SMILES string of the molecule is CC#CC(=O)N(c1cnn(C)c1)C(C(=O)NC)C1CCN(C2CCCCC2)CC1. The van der Waals surface area contributed by atoms with Gasteiger partial charge in [-0.15, -0.1) is 0 Å². The molecule has 7 heteroatoms. The third kappa shape index (κ3) is 4.99. The van der Waals surface area contributed by atoms with Crippen LogP contribution in [0.2, 0.25) is 0 Å². The van der Waals surface area contributed by atoms with Crippen LogP contribution in [0.15, 0.2) is 12.4 Å². The number of piperidine rings is 1. The number of nitrogens with one attached hydrogen (secondary N) is 1. The topological polar surface area (TPSA) is 70.5 Å². The van der Waals surface area contributed by atoms with E-state index in [4.69, 9.17) is 0 Å². The van der Waals surface area contributed by atoms with E-state index >= 15 is 0 Å². The molecule has 2 aliphatic rings. The van der Waals surface area contributed by atoms with Crippen LogP contribution in [0.4, 0.5) is 5.69 Å². The lowest BCUT2D eigenvalue weighted by atomic mass is 9.85. The molecule has 1 atom stereocenters. The Labute approximate surface area is 173 Å². The van der Waals surface area contributed by atoms with Gasteiger partial charge in [0.2, 0.25) is 5.91 Å². The zero-order valence-corrected chi connectivity index (χ0v) is 17.9. The van der Waals surface area contributed by atoms with Gasteiger partial charge < -0.3 is 10.2 Å². The summed E-state index contributed by atoms with van der Waals surface area (Å²) >= 11 is 0. The molecule has 2 heterocycles. The average Bonchev–Trinajstić information content (AvgIpc) is 3.18. The number of likely N-dealkylation sites (tertiary alicyclic amines) is 1. The molecule has 0 bridgehead atoms. The molecule has 1 N–H and O–H groups in total. The molecule has 2 amide bonds. The summed E-state index contributed by atoms with van der Waals surface area (Å²) in [6, 6.07) is 0.108.